The second kappa shape index (κ2) is 13.8. The van der Waals surface area contributed by atoms with Gasteiger partial charge in [-0.3, -0.25) is 18.3 Å². The molecule has 0 spiro atoms. The number of carbonyl (C=O) groups excluding carboxylic acids is 3. The van der Waals surface area contributed by atoms with Crippen molar-refractivity contribution in [2.75, 3.05) is 31.3 Å². The van der Waals surface area contributed by atoms with Crippen molar-refractivity contribution in [3.63, 3.8) is 0 Å². The van der Waals surface area contributed by atoms with E-state index in [4.69, 9.17) is 22.9 Å². The molecule has 0 aromatic heterocycles. The highest BCUT2D eigenvalue weighted by Gasteiger charge is 2.38. The molecule has 2 atom stereocenters. The Hall–Kier alpha value is -1.97. The van der Waals surface area contributed by atoms with Gasteiger partial charge >= 0.3 is 18.0 Å². The van der Waals surface area contributed by atoms with E-state index in [2.05, 4.69) is 5.32 Å². The van der Waals surface area contributed by atoms with Gasteiger partial charge in [-0.05, 0) is 13.3 Å². The molecule has 0 aliphatic rings. The molecule has 15 heteroatoms. The third-order valence-corrected chi connectivity index (χ3v) is 6.47. The number of carbonyl (C=O) groups is 3. The summed E-state index contributed by atoms with van der Waals surface area (Å²) < 4.78 is 74.1. The Morgan fingerprint density at radius 2 is 1.56 bits per heavy atom. The maximum absolute atomic E-state index is 12.5. The summed E-state index contributed by atoms with van der Waals surface area (Å²) in [5.74, 6) is -4.18. The highest BCUT2D eigenvalue weighted by Crippen LogP contribution is 2.29. The van der Waals surface area contributed by atoms with Gasteiger partial charge in [-0.25, -0.2) is 4.79 Å². The van der Waals surface area contributed by atoms with E-state index in [1.807, 2.05) is 0 Å². The van der Waals surface area contributed by atoms with Crippen LogP contribution in [0.5, 0.6) is 0 Å². The van der Waals surface area contributed by atoms with Crippen molar-refractivity contribution in [3.8, 4) is 0 Å². The fraction of sp³-hybridized carbons (Fsp3) is 0.842. The van der Waals surface area contributed by atoms with E-state index in [1.54, 1.807) is 20.8 Å². The number of esters is 2. The monoisotopic (exact) mass is 533 g/mol. The van der Waals surface area contributed by atoms with Gasteiger partial charge in [0, 0.05) is 18.9 Å². The molecule has 0 heterocycles. The van der Waals surface area contributed by atoms with Crippen molar-refractivity contribution in [1.29, 1.82) is 0 Å². The smallest absolute Gasteiger partial charge is 0.410 e. The number of rotatable bonds is 15. The third-order valence-electron chi connectivity index (χ3n) is 4.40. The van der Waals surface area contributed by atoms with Gasteiger partial charge in [-0.2, -0.15) is 16.8 Å². The molecular formula is C19H35NO12S2. The number of amides is 1. The molecule has 0 fully saturated rings. The van der Waals surface area contributed by atoms with Crippen LogP contribution in [0.3, 0.4) is 0 Å². The third kappa shape index (κ3) is 13.7. The Labute approximate surface area is 200 Å². The largest absolute Gasteiger partial charge is 0.466 e. The standard InChI is InChI=1S/C19H35NO12S2/c1-7-29-17(22)15(11-20-18(23)32-14(4)31-16(21)13(2)3)19(5,6)12-30-34(27,28)10-8-9-33(24,25)26/h13-15H,7-12H2,1-6H3,(H,20,23)(H,24,25,26)/t14?,15-/m0/s1. The summed E-state index contributed by atoms with van der Waals surface area (Å²) in [5.41, 5.74) is -1.16. The van der Waals surface area contributed by atoms with Crippen LogP contribution in [0.25, 0.3) is 0 Å². The molecule has 0 saturated heterocycles. The molecule has 0 aliphatic heterocycles. The Morgan fingerprint density at radius 3 is 2.06 bits per heavy atom. The maximum Gasteiger partial charge on any atom is 0.410 e. The molecule has 34 heavy (non-hydrogen) atoms. The van der Waals surface area contributed by atoms with Gasteiger partial charge in [0.05, 0.1) is 36.6 Å². The minimum absolute atomic E-state index is 0.0346. The summed E-state index contributed by atoms with van der Waals surface area (Å²) in [7, 11) is -8.48. The minimum Gasteiger partial charge on any atom is -0.466 e. The van der Waals surface area contributed by atoms with Crippen LogP contribution in [-0.2, 0) is 48.2 Å². The molecule has 13 nitrogen and oxygen atoms in total. The van der Waals surface area contributed by atoms with Gasteiger partial charge < -0.3 is 19.5 Å². The highest BCUT2D eigenvalue weighted by molar-refractivity contribution is 7.87. The summed E-state index contributed by atoms with van der Waals surface area (Å²) in [6.07, 6.45) is -2.54. The van der Waals surface area contributed by atoms with Crippen LogP contribution >= 0.6 is 0 Å². The van der Waals surface area contributed by atoms with Crippen molar-refractivity contribution >= 4 is 38.3 Å². The van der Waals surface area contributed by atoms with E-state index in [-0.39, 0.29) is 19.6 Å². The first-order valence-corrected chi connectivity index (χ1v) is 13.7. The number of ether oxygens (including phenoxy) is 3. The Balaban J connectivity index is 5.09. The van der Waals surface area contributed by atoms with Crippen molar-refractivity contribution in [1.82, 2.24) is 5.32 Å². The van der Waals surface area contributed by atoms with Gasteiger partial charge in [0.1, 0.15) is 0 Å². The lowest BCUT2D eigenvalue weighted by Gasteiger charge is -2.32. The minimum atomic E-state index is -4.32. The van der Waals surface area contributed by atoms with Crippen LogP contribution in [0, 0.1) is 17.3 Å². The molecule has 0 radical (unpaired) electrons. The number of nitrogens with one attached hydrogen (secondary N) is 1. The second-order valence-corrected chi connectivity index (χ2v) is 11.7. The molecule has 0 aromatic rings. The summed E-state index contributed by atoms with van der Waals surface area (Å²) >= 11 is 0. The normalized spacial score (nSPS) is 14.2. The van der Waals surface area contributed by atoms with Crippen LogP contribution in [-0.4, -0.2) is 77.0 Å². The fourth-order valence-electron chi connectivity index (χ4n) is 2.44. The zero-order chi connectivity index (χ0) is 26.7. The summed E-state index contributed by atoms with van der Waals surface area (Å²) in [4.78, 5) is 36.1. The zero-order valence-electron chi connectivity index (χ0n) is 20.2. The molecular weight excluding hydrogens is 498 g/mol. The molecule has 1 amide bonds. The van der Waals surface area contributed by atoms with E-state index in [0.717, 1.165) is 0 Å². The van der Waals surface area contributed by atoms with Crippen LogP contribution in [0.15, 0.2) is 0 Å². The predicted molar refractivity (Wildman–Crippen MR) is 120 cm³/mol. The number of hydrogen-bond acceptors (Lipinski definition) is 11. The molecule has 200 valence electrons. The Bertz CT molecular complexity index is 896. The first-order valence-electron chi connectivity index (χ1n) is 10.5. The van der Waals surface area contributed by atoms with Crippen molar-refractivity contribution in [2.45, 2.75) is 54.3 Å². The molecule has 0 aliphatic carbocycles. The fourth-order valence-corrected chi connectivity index (χ4v) is 4.23. The van der Waals surface area contributed by atoms with E-state index >= 15 is 0 Å². The second-order valence-electron chi connectivity index (χ2n) is 8.40. The predicted octanol–water partition coefficient (Wildman–Crippen LogP) is 1.09. The molecule has 0 bridgehead atoms. The zero-order valence-corrected chi connectivity index (χ0v) is 21.9. The summed E-state index contributed by atoms with van der Waals surface area (Å²) in [6.45, 7) is 8.41. The lowest BCUT2D eigenvalue weighted by molar-refractivity contribution is -0.168. The van der Waals surface area contributed by atoms with Crippen LogP contribution in [0.1, 0.15) is 48.0 Å². The van der Waals surface area contributed by atoms with Gasteiger partial charge in [-0.15, -0.1) is 0 Å². The lowest BCUT2D eigenvalue weighted by Crippen LogP contribution is -2.45. The first-order chi connectivity index (χ1) is 15.4. The van der Waals surface area contributed by atoms with Crippen molar-refractivity contribution in [2.24, 2.45) is 17.3 Å². The van der Waals surface area contributed by atoms with Crippen LogP contribution in [0.4, 0.5) is 4.79 Å². The summed E-state index contributed by atoms with van der Waals surface area (Å²) in [5, 5.41) is 2.36. The SMILES string of the molecule is CCOC(=O)[C@H](CNC(=O)OC(C)OC(=O)C(C)C)C(C)(C)COS(=O)(=O)CCCS(=O)(=O)O. The molecule has 0 saturated carbocycles. The van der Waals surface area contributed by atoms with Crippen LogP contribution in [0.2, 0.25) is 0 Å². The quantitative estimate of drug-likeness (QED) is 0.132. The molecule has 0 rings (SSSR count). The van der Waals surface area contributed by atoms with E-state index in [0.29, 0.717) is 0 Å². The molecule has 0 aromatic carbocycles. The lowest BCUT2D eigenvalue weighted by atomic mass is 9.79. The van der Waals surface area contributed by atoms with Crippen LogP contribution < -0.4 is 5.32 Å². The molecule has 1 unspecified atom stereocenters. The van der Waals surface area contributed by atoms with E-state index < -0.39 is 79.9 Å². The number of alkyl carbamates (subject to hydrolysis) is 1. The highest BCUT2D eigenvalue weighted by atomic mass is 32.2. The molecule has 2 N–H and O–H groups in total. The Morgan fingerprint density at radius 1 is 0.971 bits per heavy atom. The van der Waals surface area contributed by atoms with Gasteiger partial charge in [0.25, 0.3) is 20.2 Å². The average molecular weight is 534 g/mol. The summed E-state index contributed by atoms with van der Waals surface area (Å²) in [6, 6.07) is 0. The topological polar surface area (TPSA) is 189 Å². The maximum atomic E-state index is 12.5. The average Bonchev–Trinajstić information content (AvgIpc) is 2.65. The van der Waals surface area contributed by atoms with Gasteiger partial charge in [0.2, 0.25) is 6.29 Å². The van der Waals surface area contributed by atoms with Gasteiger partial charge in [-0.1, -0.05) is 27.7 Å². The first kappa shape index (κ1) is 32.0. The number of hydrogen-bond donors (Lipinski definition) is 2. The van der Waals surface area contributed by atoms with Crippen molar-refractivity contribution in [3.05, 3.63) is 0 Å². The Kier molecular flexibility index (Phi) is 13.0. The van der Waals surface area contributed by atoms with Crippen molar-refractivity contribution < 1.29 is 54.2 Å². The van der Waals surface area contributed by atoms with E-state index in [1.165, 1.54) is 20.8 Å². The van der Waals surface area contributed by atoms with Gasteiger partial charge in [0.15, 0.2) is 0 Å². The van der Waals surface area contributed by atoms with E-state index in [9.17, 15) is 31.2 Å².